The van der Waals surface area contributed by atoms with Gasteiger partial charge >= 0.3 is 0 Å². The van der Waals surface area contributed by atoms with Crippen LogP contribution in [0, 0.1) is 5.92 Å². The van der Waals surface area contributed by atoms with Crippen LogP contribution in [0.15, 0.2) is 24.3 Å². The lowest BCUT2D eigenvalue weighted by Gasteiger charge is -2.32. The summed E-state index contributed by atoms with van der Waals surface area (Å²) in [5, 5.41) is 3.52. The highest BCUT2D eigenvalue weighted by Gasteiger charge is 2.25. The molecule has 0 aromatic heterocycles. The van der Waals surface area contributed by atoms with Gasteiger partial charge in [0, 0.05) is 32.6 Å². The first-order chi connectivity index (χ1) is 13.0. The molecule has 0 unspecified atom stereocenters. The number of nitrogens with one attached hydrogen (secondary N) is 1. The Labute approximate surface area is 168 Å². The minimum atomic E-state index is 0.00759. The fraction of sp³-hybridized carbons (Fsp3) is 0.619. The summed E-state index contributed by atoms with van der Waals surface area (Å²) in [6.45, 7) is 9.38. The van der Waals surface area contributed by atoms with Crippen LogP contribution in [0.5, 0.6) is 0 Å². The van der Waals surface area contributed by atoms with Crippen molar-refractivity contribution >= 4 is 23.4 Å². The Kier molecular flexibility index (Phi) is 9.08. The van der Waals surface area contributed by atoms with Crippen molar-refractivity contribution in [1.82, 2.24) is 15.1 Å². The predicted molar refractivity (Wildman–Crippen MR) is 110 cm³/mol. The van der Waals surface area contributed by atoms with Gasteiger partial charge in [0.05, 0.1) is 10.6 Å². The molecule has 27 heavy (non-hydrogen) atoms. The summed E-state index contributed by atoms with van der Waals surface area (Å²) in [7, 11) is 0. The molecule has 1 aromatic rings. The van der Waals surface area contributed by atoms with Crippen molar-refractivity contribution in [2.24, 2.45) is 5.92 Å². The van der Waals surface area contributed by atoms with Crippen molar-refractivity contribution in [1.29, 1.82) is 0 Å². The minimum absolute atomic E-state index is 0.00759. The quantitative estimate of drug-likeness (QED) is 0.699. The molecule has 5 nitrogen and oxygen atoms in total. The van der Waals surface area contributed by atoms with E-state index < -0.39 is 0 Å². The summed E-state index contributed by atoms with van der Waals surface area (Å²) >= 11 is 6.14. The topological polar surface area (TPSA) is 52.7 Å². The molecule has 0 bridgehead atoms. The van der Waals surface area contributed by atoms with Crippen LogP contribution in [0.4, 0.5) is 0 Å². The number of amides is 2. The number of likely N-dealkylation sites (N-methyl/N-ethyl adjacent to an activating group) is 1. The van der Waals surface area contributed by atoms with E-state index >= 15 is 0 Å². The molecule has 0 saturated carbocycles. The maximum absolute atomic E-state index is 12.6. The van der Waals surface area contributed by atoms with E-state index in [0.29, 0.717) is 29.5 Å². The third-order valence-corrected chi connectivity index (χ3v) is 5.76. The van der Waals surface area contributed by atoms with Crippen LogP contribution in [-0.2, 0) is 4.79 Å². The molecule has 1 aliphatic heterocycles. The SMILES string of the molecule is CCN(CC)CCNC(=O)CCC1CCN(C(=O)c2ccccc2Cl)CC1. The van der Waals surface area contributed by atoms with Gasteiger partial charge in [0.25, 0.3) is 5.91 Å². The van der Waals surface area contributed by atoms with Crippen molar-refractivity contribution in [2.45, 2.75) is 39.5 Å². The zero-order valence-electron chi connectivity index (χ0n) is 16.5. The summed E-state index contributed by atoms with van der Waals surface area (Å²) in [6.07, 6.45) is 3.36. The van der Waals surface area contributed by atoms with Gasteiger partial charge in [-0.05, 0) is 50.4 Å². The number of carbonyl (C=O) groups excluding carboxylic acids is 2. The number of hydrogen-bond donors (Lipinski definition) is 1. The molecule has 1 aromatic carbocycles. The second-order valence-corrected chi connectivity index (χ2v) is 7.54. The van der Waals surface area contributed by atoms with Crippen LogP contribution >= 0.6 is 11.6 Å². The van der Waals surface area contributed by atoms with Crippen molar-refractivity contribution in [3.63, 3.8) is 0 Å². The van der Waals surface area contributed by atoms with E-state index in [1.165, 1.54) is 0 Å². The third kappa shape index (κ3) is 6.82. The first kappa shape index (κ1) is 21.7. The van der Waals surface area contributed by atoms with Gasteiger partial charge in [-0.3, -0.25) is 9.59 Å². The number of piperidine rings is 1. The van der Waals surface area contributed by atoms with Gasteiger partial charge in [-0.1, -0.05) is 37.6 Å². The lowest BCUT2D eigenvalue weighted by Crippen LogP contribution is -2.39. The second kappa shape index (κ2) is 11.3. The van der Waals surface area contributed by atoms with E-state index in [0.717, 1.165) is 52.0 Å². The van der Waals surface area contributed by atoms with E-state index in [-0.39, 0.29) is 11.8 Å². The van der Waals surface area contributed by atoms with Crippen LogP contribution in [0.1, 0.15) is 49.9 Å². The number of likely N-dealkylation sites (tertiary alicyclic amines) is 1. The zero-order valence-corrected chi connectivity index (χ0v) is 17.3. The van der Waals surface area contributed by atoms with Gasteiger partial charge < -0.3 is 15.1 Å². The first-order valence-electron chi connectivity index (χ1n) is 10.1. The molecule has 2 amide bonds. The molecule has 0 radical (unpaired) electrons. The number of carbonyl (C=O) groups is 2. The summed E-state index contributed by atoms with van der Waals surface area (Å²) in [5.74, 6) is 0.652. The fourth-order valence-corrected chi connectivity index (χ4v) is 3.76. The van der Waals surface area contributed by atoms with Crippen LogP contribution in [-0.4, -0.2) is 60.9 Å². The van der Waals surface area contributed by atoms with Gasteiger partial charge in [-0.2, -0.15) is 0 Å². The lowest BCUT2D eigenvalue weighted by molar-refractivity contribution is -0.121. The van der Waals surface area contributed by atoms with Crippen molar-refractivity contribution in [2.75, 3.05) is 39.3 Å². The van der Waals surface area contributed by atoms with Gasteiger partial charge in [0.2, 0.25) is 5.91 Å². The summed E-state index contributed by atoms with van der Waals surface area (Å²) in [5.41, 5.74) is 0.574. The van der Waals surface area contributed by atoms with Gasteiger partial charge in [0.1, 0.15) is 0 Å². The van der Waals surface area contributed by atoms with Crippen LogP contribution < -0.4 is 5.32 Å². The Morgan fingerprint density at radius 1 is 1.19 bits per heavy atom. The van der Waals surface area contributed by atoms with Gasteiger partial charge in [-0.15, -0.1) is 0 Å². The highest BCUT2D eigenvalue weighted by molar-refractivity contribution is 6.33. The zero-order chi connectivity index (χ0) is 19.6. The van der Waals surface area contributed by atoms with Gasteiger partial charge in [0.15, 0.2) is 0 Å². The van der Waals surface area contributed by atoms with Crippen LogP contribution in [0.2, 0.25) is 5.02 Å². The molecule has 0 aliphatic carbocycles. The molecule has 6 heteroatoms. The molecule has 0 atom stereocenters. The van der Waals surface area contributed by atoms with E-state index in [9.17, 15) is 9.59 Å². The third-order valence-electron chi connectivity index (χ3n) is 5.43. The van der Waals surface area contributed by atoms with Crippen molar-refractivity contribution in [3.8, 4) is 0 Å². The molecule has 0 spiro atoms. The van der Waals surface area contributed by atoms with E-state index in [2.05, 4.69) is 24.1 Å². The Morgan fingerprint density at radius 3 is 2.48 bits per heavy atom. The molecule has 150 valence electrons. The lowest BCUT2D eigenvalue weighted by atomic mass is 9.91. The first-order valence-corrected chi connectivity index (χ1v) is 10.5. The van der Waals surface area contributed by atoms with Crippen molar-refractivity contribution < 1.29 is 9.59 Å². The smallest absolute Gasteiger partial charge is 0.255 e. The second-order valence-electron chi connectivity index (χ2n) is 7.13. The molecular weight excluding hydrogens is 362 g/mol. The van der Waals surface area contributed by atoms with E-state index in [1.807, 2.05) is 17.0 Å². The summed E-state index contributed by atoms with van der Waals surface area (Å²) in [4.78, 5) is 28.8. The maximum atomic E-state index is 12.6. The normalized spacial score (nSPS) is 15.2. The molecule has 1 aliphatic rings. The number of hydrogen-bond acceptors (Lipinski definition) is 3. The van der Waals surface area contributed by atoms with E-state index in [4.69, 9.17) is 11.6 Å². The summed E-state index contributed by atoms with van der Waals surface area (Å²) in [6, 6.07) is 7.20. The number of benzene rings is 1. The number of halogens is 1. The minimum Gasteiger partial charge on any atom is -0.355 e. The highest BCUT2D eigenvalue weighted by atomic mass is 35.5. The Bertz CT molecular complexity index is 611. The largest absolute Gasteiger partial charge is 0.355 e. The molecule has 1 heterocycles. The monoisotopic (exact) mass is 393 g/mol. The fourth-order valence-electron chi connectivity index (χ4n) is 3.55. The predicted octanol–water partition coefficient (Wildman–Crippen LogP) is 3.43. The standard InChI is InChI=1S/C21H32ClN3O2/c1-3-24(4-2)16-13-23-20(26)10-9-17-11-14-25(15-12-17)21(27)18-7-5-6-8-19(18)22/h5-8,17H,3-4,9-16H2,1-2H3,(H,23,26). The van der Waals surface area contributed by atoms with Crippen LogP contribution in [0.3, 0.4) is 0 Å². The van der Waals surface area contributed by atoms with E-state index in [1.54, 1.807) is 12.1 Å². The Balaban J connectivity index is 1.66. The number of rotatable bonds is 9. The van der Waals surface area contributed by atoms with Crippen molar-refractivity contribution in [3.05, 3.63) is 34.9 Å². The Morgan fingerprint density at radius 2 is 1.85 bits per heavy atom. The average molecular weight is 394 g/mol. The Hall–Kier alpha value is -1.59. The van der Waals surface area contributed by atoms with Crippen LogP contribution in [0.25, 0.3) is 0 Å². The molecule has 1 saturated heterocycles. The highest BCUT2D eigenvalue weighted by Crippen LogP contribution is 2.24. The average Bonchev–Trinajstić information content (AvgIpc) is 2.70. The summed E-state index contributed by atoms with van der Waals surface area (Å²) < 4.78 is 0. The molecule has 1 N–H and O–H groups in total. The maximum Gasteiger partial charge on any atom is 0.255 e. The molecule has 1 fully saturated rings. The van der Waals surface area contributed by atoms with Gasteiger partial charge in [-0.25, -0.2) is 0 Å². The molecule has 2 rings (SSSR count). The number of nitrogens with zero attached hydrogens (tertiary/aromatic N) is 2. The molecular formula is C21H32ClN3O2.